The van der Waals surface area contributed by atoms with Gasteiger partial charge in [-0.15, -0.1) is 0 Å². The lowest BCUT2D eigenvalue weighted by atomic mass is 10.1. The van der Waals surface area contributed by atoms with Crippen molar-refractivity contribution in [2.75, 3.05) is 0 Å². The van der Waals surface area contributed by atoms with Crippen molar-refractivity contribution >= 4 is 16.4 Å². The van der Waals surface area contributed by atoms with Crippen molar-refractivity contribution < 1.29 is 8.78 Å². The summed E-state index contributed by atoms with van der Waals surface area (Å²) < 4.78 is 28.2. The lowest BCUT2D eigenvalue weighted by Gasteiger charge is -2.09. The highest BCUT2D eigenvalue weighted by atomic mass is 19.2. The van der Waals surface area contributed by atoms with Crippen molar-refractivity contribution in [3.63, 3.8) is 0 Å². The Morgan fingerprint density at radius 1 is 1.06 bits per heavy atom. The summed E-state index contributed by atoms with van der Waals surface area (Å²) in [4.78, 5) is 12.1. The number of nitrogens with zero attached hydrogens (tertiary/aromatic N) is 1. The maximum atomic E-state index is 13.3. The third-order valence-electron chi connectivity index (χ3n) is 3.13. The molecule has 0 amide bonds. The molecular weight excluding hydrogens is 236 g/mol. The molecular formula is C14H9F2NO. The van der Waals surface area contributed by atoms with Crippen LogP contribution in [0.15, 0.2) is 41.3 Å². The zero-order chi connectivity index (χ0) is 12.9. The molecule has 0 aliphatic carbocycles. The molecule has 2 heterocycles. The summed E-state index contributed by atoms with van der Waals surface area (Å²) in [5.74, 6) is -1.96. The predicted molar refractivity (Wildman–Crippen MR) is 65.8 cm³/mol. The van der Waals surface area contributed by atoms with Crippen LogP contribution in [0.4, 0.5) is 8.78 Å². The van der Waals surface area contributed by atoms with E-state index in [1.807, 2.05) is 0 Å². The van der Waals surface area contributed by atoms with Crippen molar-refractivity contribution in [2.24, 2.45) is 0 Å². The van der Waals surface area contributed by atoms with Gasteiger partial charge < -0.3 is 4.40 Å². The van der Waals surface area contributed by atoms with Crippen LogP contribution in [0.1, 0.15) is 5.56 Å². The quantitative estimate of drug-likeness (QED) is 0.558. The molecule has 1 aromatic carbocycles. The number of aryl methyl sites for hydroxylation is 1. The average molecular weight is 245 g/mol. The van der Waals surface area contributed by atoms with Gasteiger partial charge in [-0.25, -0.2) is 8.78 Å². The van der Waals surface area contributed by atoms with Gasteiger partial charge in [0.05, 0.1) is 11.0 Å². The second-order valence-electron chi connectivity index (χ2n) is 4.19. The molecule has 0 radical (unpaired) electrons. The fraction of sp³-hybridized carbons (Fsp3) is 0.0714. The zero-order valence-corrected chi connectivity index (χ0v) is 9.58. The summed E-state index contributed by atoms with van der Waals surface area (Å²) in [5, 5.41) is 0.190. The highest BCUT2D eigenvalue weighted by molar-refractivity contribution is 5.84. The summed E-state index contributed by atoms with van der Waals surface area (Å²) in [6.45, 7) is 1.68. The molecule has 0 atom stereocenters. The molecule has 0 N–H and O–H groups in total. The summed E-state index contributed by atoms with van der Waals surface area (Å²) in [6, 6.07) is 7.36. The van der Waals surface area contributed by atoms with Crippen molar-refractivity contribution in [1.29, 1.82) is 0 Å². The van der Waals surface area contributed by atoms with Crippen LogP contribution in [-0.2, 0) is 0 Å². The summed E-state index contributed by atoms with van der Waals surface area (Å²) in [6.07, 6.45) is 1.72. The Balaban J connectivity index is 2.70. The predicted octanol–water partition coefficient (Wildman–Crippen LogP) is 3.04. The molecule has 0 saturated heterocycles. The van der Waals surface area contributed by atoms with Crippen molar-refractivity contribution in [3.8, 4) is 0 Å². The fourth-order valence-electron chi connectivity index (χ4n) is 2.19. The third kappa shape index (κ3) is 1.35. The number of rotatable bonds is 0. The van der Waals surface area contributed by atoms with Gasteiger partial charge in [-0.2, -0.15) is 0 Å². The molecule has 0 spiro atoms. The minimum absolute atomic E-state index is 0.190. The van der Waals surface area contributed by atoms with Gasteiger partial charge in [-0.05, 0) is 25.1 Å². The molecule has 0 unspecified atom stereocenters. The van der Waals surface area contributed by atoms with E-state index >= 15 is 0 Å². The molecule has 2 aromatic heterocycles. The SMILES string of the molecule is Cc1c(=O)c2cc(F)c(F)cc2n2ccccc12. The van der Waals surface area contributed by atoms with Gasteiger partial charge in [0.15, 0.2) is 17.1 Å². The third-order valence-corrected chi connectivity index (χ3v) is 3.13. The highest BCUT2D eigenvalue weighted by Gasteiger charge is 2.12. The Kier molecular flexibility index (Phi) is 2.20. The first-order valence-corrected chi connectivity index (χ1v) is 5.48. The molecule has 0 fully saturated rings. The van der Waals surface area contributed by atoms with Gasteiger partial charge in [0.2, 0.25) is 0 Å². The van der Waals surface area contributed by atoms with Crippen LogP contribution in [0.25, 0.3) is 16.4 Å². The summed E-state index contributed by atoms with van der Waals surface area (Å²) in [5.41, 5.74) is 1.32. The van der Waals surface area contributed by atoms with Crippen LogP contribution in [0.5, 0.6) is 0 Å². The van der Waals surface area contributed by atoms with Crippen LogP contribution in [0.2, 0.25) is 0 Å². The fourth-order valence-corrected chi connectivity index (χ4v) is 2.19. The summed E-state index contributed by atoms with van der Waals surface area (Å²) in [7, 11) is 0. The molecule has 90 valence electrons. The Labute approximate surface area is 101 Å². The van der Waals surface area contributed by atoms with Gasteiger partial charge in [0.25, 0.3) is 0 Å². The van der Waals surface area contributed by atoms with Crippen LogP contribution >= 0.6 is 0 Å². The number of hydrogen-bond donors (Lipinski definition) is 0. The number of hydrogen-bond acceptors (Lipinski definition) is 1. The maximum absolute atomic E-state index is 13.3. The van der Waals surface area contributed by atoms with Gasteiger partial charge in [0, 0.05) is 23.2 Å². The minimum Gasteiger partial charge on any atom is -0.316 e. The molecule has 0 bridgehead atoms. The van der Waals surface area contributed by atoms with Crippen LogP contribution < -0.4 is 5.43 Å². The number of benzene rings is 1. The van der Waals surface area contributed by atoms with Gasteiger partial charge in [-0.1, -0.05) is 6.07 Å². The van der Waals surface area contributed by atoms with E-state index in [4.69, 9.17) is 0 Å². The largest absolute Gasteiger partial charge is 0.316 e. The first-order chi connectivity index (χ1) is 8.59. The number of fused-ring (bicyclic) bond motifs is 3. The molecule has 0 aliphatic heterocycles. The smallest absolute Gasteiger partial charge is 0.193 e. The standard InChI is InChI=1S/C14H9F2NO/c1-8-12-4-2-3-5-17(12)13-7-11(16)10(15)6-9(13)14(8)18/h2-7H,1H3. The zero-order valence-electron chi connectivity index (χ0n) is 9.58. The summed E-state index contributed by atoms with van der Waals surface area (Å²) >= 11 is 0. The first kappa shape index (κ1) is 10.9. The van der Waals surface area contributed by atoms with Crippen LogP contribution in [-0.4, -0.2) is 4.40 Å². The number of halogens is 2. The maximum Gasteiger partial charge on any atom is 0.193 e. The first-order valence-electron chi connectivity index (χ1n) is 5.48. The Morgan fingerprint density at radius 3 is 2.56 bits per heavy atom. The molecule has 4 heteroatoms. The second kappa shape index (κ2) is 3.63. The lowest BCUT2D eigenvalue weighted by molar-refractivity contribution is 0.510. The van der Waals surface area contributed by atoms with E-state index in [1.54, 1.807) is 35.7 Å². The normalized spacial score (nSPS) is 11.3. The minimum atomic E-state index is -1.00. The Hall–Kier alpha value is -2.23. The van der Waals surface area contributed by atoms with E-state index in [0.29, 0.717) is 16.6 Å². The van der Waals surface area contributed by atoms with Crippen LogP contribution in [0, 0.1) is 18.6 Å². The van der Waals surface area contributed by atoms with E-state index in [9.17, 15) is 13.6 Å². The molecule has 18 heavy (non-hydrogen) atoms. The van der Waals surface area contributed by atoms with E-state index in [2.05, 4.69) is 0 Å². The van der Waals surface area contributed by atoms with E-state index in [-0.39, 0.29) is 10.8 Å². The molecule has 0 saturated carbocycles. The highest BCUT2D eigenvalue weighted by Crippen LogP contribution is 2.19. The Morgan fingerprint density at radius 2 is 1.78 bits per heavy atom. The molecule has 2 nitrogen and oxygen atoms in total. The van der Waals surface area contributed by atoms with Gasteiger partial charge >= 0.3 is 0 Å². The number of aromatic nitrogens is 1. The van der Waals surface area contributed by atoms with E-state index in [0.717, 1.165) is 12.1 Å². The topological polar surface area (TPSA) is 21.5 Å². The molecule has 3 rings (SSSR count). The Bertz CT molecular complexity index is 836. The van der Waals surface area contributed by atoms with Gasteiger partial charge in [0.1, 0.15) is 0 Å². The van der Waals surface area contributed by atoms with Crippen molar-refractivity contribution in [3.05, 3.63) is 63.9 Å². The second-order valence-corrected chi connectivity index (χ2v) is 4.19. The number of pyridine rings is 2. The van der Waals surface area contributed by atoms with Crippen molar-refractivity contribution in [1.82, 2.24) is 4.40 Å². The van der Waals surface area contributed by atoms with E-state index in [1.165, 1.54) is 0 Å². The van der Waals surface area contributed by atoms with E-state index < -0.39 is 11.6 Å². The average Bonchev–Trinajstić information content (AvgIpc) is 2.38. The van der Waals surface area contributed by atoms with Crippen molar-refractivity contribution in [2.45, 2.75) is 6.92 Å². The lowest BCUT2D eigenvalue weighted by Crippen LogP contribution is -2.11. The van der Waals surface area contributed by atoms with Crippen LogP contribution in [0.3, 0.4) is 0 Å². The van der Waals surface area contributed by atoms with Gasteiger partial charge in [-0.3, -0.25) is 4.79 Å². The molecule has 3 aromatic rings. The monoisotopic (exact) mass is 245 g/mol. The molecule has 0 aliphatic rings.